The average molecular weight is 470 g/mol. The lowest BCUT2D eigenvalue weighted by atomic mass is 10.1. The lowest BCUT2D eigenvalue weighted by molar-refractivity contribution is -0.141. The van der Waals surface area contributed by atoms with Gasteiger partial charge in [0.2, 0.25) is 0 Å². The van der Waals surface area contributed by atoms with E-state index in [0.717, 1.165) is 10.9 Å². The van der Waals surface area contributed by atoms with Crippen molar-refractivity contribution in [3.8, 4) is 11.4 Å². The van der Waals surface area contributed by atoms with Gasteiger partial charge < -0.3 is 25.6 Å². The minimum Gasteiger partial charge on any atom is -0.387 e. The lowest BCUT2D eigenvalue weighted by Gasteiger charge is -2.17. The molecule has 15 heteroatoms. The van der Waals surface area contributed by atoms with E-state index in [1.165, 1.54) is 25.0 Å². The molecule has 1 aliphatic heterocycles. The monoisotopic (exact) mass is 470 g/mol. The highest BCUT2D eigenvalue weighted by Crippen LogP contribution is 2.37. The summed E-state index contributed by atoms with van der Waals surface area (Å²) < 4.78 is 48.3. The Bertz CT molecular complexity index is 1190. The van der Waals surface area contributed by atoms with Crippen LogP contribution in [0.3, 0.4) is 0 Å². The summed E-state index contributed by atoms with van der Waals surface area (Å²) in [6, 6.07) is 0. The third kappa shape index (κ3) is 3.87. The van der Waals surface area contributed by atoms with Crippen LogP contribution in [0.25, 0.3) is 22.6 Å². The first-order chi connectivity index (χ1) is 15.6. The van der Waals surface area contributed by atoms with Crippen LogP contribution < -0.4 is 10.6 Å². The predicted molar refractivity (Wildman–Crippen MR) is 107 cm³/mol. The van der Waals surface area contributed by atoms with Gasteiger partial charge in [0, 0.05) is 26.8 Å². The van der Waals surface area contributed by atoms with Gasteiger partial charge in [0.05, 0.1) is 11.9 Å². The predicted octanol–water partition coefficient (Wildman–Crippen LogP) is 0.0426. The van der Waals surface area contributed by atoms with Crippen LogP contribution >= 0.6 is 0 Å². The largest absolute Gasteiger partial charge is 0.435 e. The summed E-state index contributed by atoms with van der Waals surface area (Å²) in [5.74, 6) is -0.784. The highest BCUT2D eigenvalue weighted by molar-refractivity contribution is 5.85. The number of halogens is 3. The van der Waals surface area contributed by atoms with E-state index >= 15 is 0 Å². The number of fused-ring (bicyclic) bond motifs is 1. The molecule has 12 nitrogen and oxygen atoms in total. The quantitative estimate of drug-likeness (QED) is 0.405. The Labute approximate surface area is 184 Å². The molecule has 0 bridgehead atoms. The molecular formula is C18H21F3N8O4. The van der Waals surface area contributed by atoms with Crippen molar-refractivity contribution in [1.82, 2.24) is 34.6 Å². The first kappa shape index (κ1) is 22.9. The van der Waals surface area contributed by atoms with E-state index in [2.05, 4.69) is 30.7 Å². The molecule has 0 aromatic carbocycles. The van der Waals surface area contributed by atoms with Gasteiger partial charge in [-0.1, -0.05) is 0 Å². The van der Waals surface area contributed by atoms with Gasteiger partial charge in [-0.25, -0.2) is 15.0 Å². The molecule has 4 heterocycles. The maximum Gasteiger partial charge on any atom is 0.435 e. The second-order valence-electron chi connectivity index (χ2n) is 7.36. The Kier molecular flexibility index (Phi) is 5.71. The number of aliphatic hydroxyl groups is 2. The Morgan fingerprint density at radius 2 is 2.00 bits per heavy atom. The number of anilines is 1. The number of nitrogens with one attached hydrogen (secondary N) is 2. The van der Waals surface area contributed by atoms with Crippen molar-refractivity contribution >= 4 is 22.9 Å². The Hall–Kier alpha value is -3.30. The average Bonchev–Trinajstić information content (AvgIpc) is 3.43. The molecule has 1 fully saturated rings. The van der Waals surface area contributed by atoms with Gasteiger partial charge in [0.15, 0.2) is 40.8 Å². The number of nitrogens with zero attached hydrogens (tertiary/aromatic N) is 6. The van der Waals surface area contributed by atoms with E-state index in [1.54, 1.807) is 6.92 Å². The number of hydrogen-bond acceptors (Lipinski definition) is 9. The van der Waals surface area contributed by atoms with E-state index in [-0.39, 0.29) is 34.9 Å². The number of aromatic nitrogens is 6. The summed E-state index contributed by atoms with van der Waals surface area (Å²) in [5, 5.41) is 29.6. The van der Waals surface area contributed by atoms with Gasteiger partial charge in [-0.05, 0) is 6.92 Å². The van der Waals surface area contributed by atoms with Gasteiger partial charge in [-0.3, -0.25) is 14.0 Å². The minimum atomic E-state index is -4.75. The number of ether oxygens (including phenoxy) is 1. The number of imidazole rings is 1. The summed E-state index contributed by atoms with van der Waals surface area (Å²) in [6.45, 7) is 1.97. The molecule has 1 aliphatic rings. The van der Waals surface area contributed by atoms with Crippen LogP contribution in [-0.2, 0) is 22.8 Å². The van der Waals surface area contributed by atoms with Crippen molar-refractivity contribution in [3.63, 3.8) is 0 Å². The van der Waals surface area contributed by atoms with Crippen LogP contribution in [0.5, 0.6) is 0 Å². The number of aliphatic hydroxyl groups excluding tert-OH is 2. The van der Waals surface area contributed by atoms with E-state index in [4.69, 9.17) is 4.74 Å². The summed E-state index contributed by atoms with van der Waals surface area (Å²) in [4.78, 5) is 24.7. The van der Waals surface area contributed by atoms with Crippen LogP contribution in [0.15, 0.2) is 12.5 Å². The first-order valence-electron chi connectivity index (χ1n) is 9.89. The van der Waals surface area contributed by atoms with Crippen molar-refractivity contribution in [1.29, 1.82) is 0 Å². The summed E-state index contributed by atoms with van der Waals surface area (Å²) in [5.41, 5.74) is -1.31. The highest BCUT2D eigenvalue weighted by Gasteiger charge is 2.48. The zero-order valence-electron chi connectivity index (χ0n) is 17.7. The SMILES string of the molecule is CCNC(=O)[C@@H]1OC(n2cnc3c(NC)nc(-c4cn(C)nc4C(F)(F)F)nc32)C(O)C1O. The van der Waals surface area contributed by atoms with Crippen LogP contribution in [-0.4, -0.2) is 77.3 Å². The second-order valence-corrected chi connectivity index (χ2v) is 7.36. The molecule has 0 saturated carbocycles. The standard InChI is InChI=1S/C18H21F3N8O4/c1-4-23-16(32)11-9(30)10(31)17(33-11)29-6-24-8-14(22-2)25-13(26-15(8)29)7-5-28(3)27-12(7)18(19,20)21/h5-6,9-11,17,30-31H,4H2,1-3H3,(H,23,32)(H,22,25,26)/t9?,10?,11-,17?/m1/s1. The molecule has 0 spiro atoms. The smallest absolute Gasteiger partial charge is 0.387 e. The van der Waals surface area contributed by atoms with Gasteiger partial charge in [-0.15, -0.1) is 0 Å². The topological polar surface area (TPSA) is 152 Å². The molecule has 3 aromatic rings. The fourth-order valence-electron chi connectivity index (χ4n) is 3.64. The number of carbonyl (C=O) groups excluding carboxylic acids is 1. The van der Waals surface area contributed by atoms with E-state index in [0.29, 0.717) is 0 Å². The molecule has 4 rings (SSSR count). The molecular weight excluding hydrogens is 449 g/mol. The molecule has 3 aromatic heterocycles. The number of carbonyl (C=O) groups is 1. The third-order valence-electron chi connectivity index (χ3n) is 5.12. The van der Waals surface area contributed by atoms with Crippen molar-refractivity contribution < 1.29 is 32.9 Å². The lowest BCUT2D eigenvalue weighted by Crippen LogP contribution is -2.42. The van der Waals surface area contributed by atoms with Crippen LogP contribution in [0, 0.1) is 0 Å². The zero-order chi connectivity index (χ0) is 24.1. The van der Waals surface area contributed by atoms with Crippen molar-refractivity contribution in [2.24, 2.45) is 7.05 Å². The van der Waals surface area contributed by atoms with Gasteiger partial charge >= 0.3 is 6.18 Å². The molecule has 4 atom stereocenters. The molecule has 0 radical (unpaired) electrons. The van der Waals surface area contributed by atoms with E-state index in [1.807, 2.05) is 0 Å². The third-order valence-corrected chi connectivity index (χ3v) is 5.12. The second kappa shape index (κ2) is 8.24. The Balaban J connectivity index is 1.83. The highest BCUT2D eigenvalue weighted by atomic mass is 19.4. The van der Waals surface area contributed by atoms with E-state index < -0.39 is 42.3 Å². The molecule has 3 unspecified atom stereocenters. The van der Waals surface area contributed by atoms with Gasteiger partial charge in [0.25, 0.3) is 5.91 Å². The van der Waals surface area contributed by atoms with Crippen LogP contribution in [0.4, 0.5) is 19.0 Å². The summed E-state index contributed by atoms with van der Waals surface area (Å²) in [7, 11) is 2.85. The normalized spacial score (nSPS) is 23.3. The number of aryl methyl sites for hydroxylation is 1. The van der Waals surface area contributed by atoms with Crippen molar-refractivity contribution in [2.45, 2.75) is 37.6 Å². The summed E-state index contributed by atoms with van der Waals surface area (Å²) in [6.07, 6.45) is -8.08. The van der Waals surface area contributed by atoms with Gasteiger partial charge in [-0.2, -0.15) is 18.3 Å². The first-order valence-corrected chi connectivity index (χ1v) is 9.89. The van der Waals surface area contributed by atoms with Crippen molar-refractivity contribution in [3.05, 3.63) is 18.2 Å². The molecule has 33 heavy (non-hydrogen) atoms. The Morgan fingerprint density at radius 1 is 1.27 bits per heavy atom. The van der Waals surface area contributed by atoms with Crippen LogP contribution in [0.1, 0.15) is 18.8 Å². The molecule has 178 valence electrons. The van der Waals surface area contributed by atoms with E-state index in [9.17, 15) is 28.2 Å². The number of amides is 1. The molecule has 1 saturated heterocycles. The molecule has 4 N–H and O–H groups in total. The molecule has 1 amide bonds. The summed E-state index contributed by atoms with van der Waals surface area (Å²) >= 11 is 0. The number of likely N-dealkylation sites (N-methyl/N-ethyl adjacent to an activating group) is 1. The number of hydrogen-bond donors (Lipinski definition) is 4. The fraction of sp³-hybridized carbons (Fsp3) is 0.500. The maximum atomic E-state index is 13.5. The molecule has 0 aliphatic carbocycles. The Morgan fingerprint density at radius 3 is 2.64 bits per heavy atom. The maximum absolute atomic E-state index is 13.5. The zero-order valence-corrected chi connectivity index (χ0v) is 17.7. The van der Waals surface area contributed by atoms with Gasteiger partial charge in [0.1, 0.15) is 12.2 Å². The van der Waals surface area contributed by atoms with Crippen LogP contribution in [0.2, 0.25) is 0 Å². The minimum absolute atomic E-state index is 0.0223. The van der Waals surface area contributed by atoms with Crippen molar-refractivity contribution in [2.75, 3.05) is 18.9 Å². The number of rotatable bonds is 5. The number of alkyl halides is 3. The fourth-order valence-corrected chi connectivity index (χ4v) is 3.64.